The van der Waals surface area contributed by atoms with Gasteiger partial charge in [0.25, 0.3) is 0 Å². The van der Waals surface area contributed by atoms with Crippen LogP contribution in [0.15, 0.2) is 41.3 Å². The Hall–Kier alpha value is -1.60. The minimum atomic E-state index is -3.30. The van der Waals surface area contributed by atoms with E-state index in [0.29, 0.717) is 22.3 Å². The first-order valence-electron chi connectivity index (χ1n) is 9.86. The molecule has 0 spiro atoms. The Balaban J connectivity index is 2.09. The number of carbonyl (C=O) groups excluding carboxylic acids is 1. The number of hydrogen-bond acceptors (Lipinski definition) is 4. The van der Waals surface area contributed by atoms with Gasteiger partial charge in [-0.25, -0.2) is 8.42 Å². The zero-order chi connectivity index (χ0) is 22.1. The summed E-state index contributed by atoms with van der Waals surface area (Å²) in [5.74, 6) is -0.118. The number of amides is 1. The number of sulfone groups is 1. The summed E-state index contributed by atoms with van der Waals surface area (Å²) in [5, 5.41) is 0.864. The van der Waals surface area contributed by atoms with Gasteiger partial charge in [-0.05, 0) is 68.2 Å². The number of likely N-dealkylation sites (tertiary alicyclic amines) is 1. The molecule has 0 saturated carbocycles. The lowest BCUT2D eigenvalue weighted by molar-refractivity contribution is -0.117. The molecule has 1 aliphatic rings. The summed E-state index contributed by atoms with van der Waals surface area (Å²) in [6, 6.07) is 10.0. The van der Waals surface area contributed by atoms with E-state index >= 15 is 0 Å². The highest BCUT2D eigenvalue weighted by Gasteiger charge is 2.29. The van der Waals surface area contributed by atoms with Gasteiger partial charge in [0.15, 0.2) is 9.84 Å². The third-order valence-corrected chi connectivity index (χ3v) is 7.57. The van der Waals surface area contributed by atoms with Crippen LogP contribution in [0.3, 0.4) is 0 Å². The molecular formula is C22H26Cl2N2O3S. The molecule has 1 unspecified atom stereocenters. The standard InChI is InChI=1S/C22H26Cl2N2O3S/c1-15-20(11-10-19(23)22(15)24)26(16(2)27)21(14-25-12-4-5-13-25)17-6-8-18(9-7-17)30(3,28)29/h6-11,21H,4-5,12-14H2,1-3H3. The largest absolute Gasteiger partial charge is 0.304 e. The summed E-state index contributed by atoms with van der Waals surface area (Å²) in [4.78, 5) is 17.2. The van der Waals surface area contributed by atoms with Crippen LogP contribution in [0.4, 0.5) is 5.69 Å². The second-order valence-corrected chi connectivity index (χ2v) is 10.6. The van der Waals surface area contributed by atoms with Gasteiger partial charge in [0.05, 0.1) is 21.0 Å². The summed E-state index contributed by atoms with van der Waals surface area (Å²) >= 11 is 12.5. The van der Waals surface area contributed by atoms with Crippen molar-refractivity contribution < 1.29 is 13.2 Å². The number of benzene rings is 2. The van der Waals surface area contributed by atoms with E-state index in [1.807, 2.05) is 13.0 Å². The molecule has 1 fully saturated rings. The molecule has 2 aromatic carbocycles. The molecule has 1 saturated heterocycles. The summed E-state index contributed by atoms with van der Waals surface area (Å²) in [7, 11) is -3.30. The highest BCUT2D eigenvalue weighted by Crippen LogP contribution is 2.37. The zero-order valence-electron chi connectivity index (χ0n) is 17.4. The monoisotopic (exact) mass is 468 g/mol. The third-order valence-electron chi connectivity index (χ3n) is 5.54. The lowest BCUT2D eigenvalue weighted by atomic mass is 10.0. The Bertz CT molecular complexity index is 1030. The number of hydrogen-bond donors (Lipinski definition) is 0. The Kier molecular flexibility index (Phi) is 7.13. The van der Waals surface area contributed by atoms with Crippen LogP contribution in [0.25, 0.3) is 0 Å². The van der Waals surface area contributed by atoms with Gasteiger partial charge in [-0.2, -0.15) is 0 Å². The SMILES string of the molecule is CC(=O)N(c1ccc(Cl)c(Cl)c1C)C(CN1CCCC1)c1ccc(S(C)(=O)=O)cc1. The average molecular weight is 469 g/mol. The van der Waals surface area contributed by atoms with Crippen molar-refractivity contribution in [3.8, 4) is 0 Å². The molecule has 3 rings (SSSR count). The van der Waals surface area contributed by atoms with Gasteiger partial charge in [-0.15, -0.1) is 0 Å². The second-order valence-electron chi connectivity index (χ2n) is 7.76. The Morgan fingerprint density at radius 2 is 1.70 bits per heavy atom. The van der Waals surface area contributed by atoms with Gasteiger partial charge in [0, 0.05) is 25.4 Å². The quantitative estimate of drug-likeness (QED) is 0.604. The number of rotatable bonds is 6. The molecule has 162 valence electrons. The first kappa shape index (κ1) is 23.1. The van der Waals surface area contributed by atoms with Crippen molar-refractivity contribution in [3.63, 3.8) is 0 Å². The third kappa shape index (κ3) is 4.99. The van der Waals surface area contributed by atoms with E-state index in [1.54, 1.807) is 35.2 Å². The fourth-order valence-electron chi connectivity index (χ4n) is 3.94. The van der Waals surface area contributed by atoms with E-state index in [4.69, 9.17) is 23.2 Å². The molecule has 0 aromatic heterocycles. The van der Waals surface area contributed by atoms with Crippen LogP contribution in [0.5, 0.6) is 0 Å². The van der Waals surface area contributed by atoms with Crippen molar-refractivity contribution in [2.24, 2.45) is 0 Å². The topological polar surface area (TPSA) is 57.7 Å². The van der Waals surface area contributed by atoms with E-state index in [1.165, 1.54) is 13.2 Å². The molecule has 1 aliphatic heterocycles. The van der Waals surface area contributed by atoms with E-state index in [-0.39, 0.29) is 16.8 Å². The van der Waals surface area contributed by atoms with Crippen molar-refractivity contribution in [1.82, 2.24) is 4.90 Å². The van der Waals surface area contributed by atoms with Gasteiger partial charge < -0.3 is 9.80 Å². The summed E-state index contributed by atoms with van der Waals surface area (Å²) < 4.78 is 23.7. The van der Waals surface area contributed by atoms with Crippen molar-refractivity contribution in [2.45, 2.75) is 37.6 Å². The van der Waals surface area contributed by atoms with Crippen LogP contribution in [-0.2, 0) is 14.6 Å². The van der Waals surface area contributed by atoms with Crippen LogP contribution in [-0.4, -0.2) is 45.1 Å². The number of halogens is 2. The number of anilines is 1. The summed E-state index contributed by atoms with van der Waals surface area (Å²) in [6.07, 6.45) is 3.45. The molecule has 1 amide bonds. The van der Waals surface area contributed by atoms with Gasteiger partial charge in [0.2, 0.25) is 5.91 Å². The number of nitrogens with zero attached hydrogens (tertiary/aromatic N) is 2. The van der Waals surface area contributed by atoms with Crippen molar-refractivity contribution >= 4 is 44.6 Å². The van der Waals surface area contributed by atoms with Crippen LogP contribution in [0.1, 0.15) is 36.9 Å². The second kappa shape index (κ2) is 9.27. The fourth-order valence-corrected chi connectivity index (χ4v) is 4.94. The first-order chi connectivity index (χ1) is 14.1. The molecule has 0 aliphatic carbocycles. The summed E-state index contributed by atoms with van der Waals surface area (Å²) in [6.45, 7) is 5.98. The predicted octanol–water partition coefficient (Wildman–Crippen LogP) is 4.90. The van der Waals surface area contributed by atoms with Crippen LogP contribution in [0.2, 0.25) is 10.0 Å². The molecule has 2 aromatic rings. The zero-order valence-corrected chi connectivity index (χ0v) is 19.7. The van der Waals surface area contributed by atoms with Crippen LogP contribution >= 0.6 is 23.2 Å². The lowest BCUT2D eigenvalue weighted by Crippen LogP contribution is -2.40. The smallest absolute Gasteiger partial charge is 0.224 e. The highest BCUT2D eigenvalue weighted by atomic mass is 35.5. The van der Waals surface area contributed by atoms with E-state index < -0.39 is 9.84 Å². The van der Waals surface area contributed by atoms with Crippen molar-refractivity contribution in [2.75, 3.05) is 30.8 Å². The minimum absolute atomic E-state index is 0.118. The lowest BCUT2D eigenvalue weighted by Gasteiger charge is -2.35. The normalized spacial score (nSPS) is 15.9. The molecule has 30 heavy (non-hydrogen) atoms. The first-order valence-corrected chi connectivity index (χ1v) is 12.5. The van der Waals surface area contributed by atoms with Crippen LogP contribution < -0.4 is 4.90 Å². The summed E-state index contributed by atoms with van der Waals surface area (Å²) in [5.41, 5.74) is 2.31. The maximum absolute atomic E-state index is 12.8. The molecule has 1 atom stereocenters. The van der Waals surface area contributed by atoms with Crippen LogP contribution in [0, 0.1) is 6.92 Å². The van der Waals surface area contributed by atoms with E-state index in [0.717, 1.165) is 37.1 Å². The maximum Gasteiger partial charge on any atom is 0.224 e. The Labute approximate surface area is 188 Å². The molecule has 1 heterocycles. The van der Waals surface area contributed by atoms with Gasteiger partial charge in [-0.3, -0.25) is 4.79 Å². The molecule has 8 heteroatoms. The minimum Gasteiger partial charge on any atom is -0.304 e. The number of carbonyl (C=O) groups is 1. The highest BCUT2D eigenvalue weighted by molar-refractivity contribution is 7.90. The van der Waals surface area contributed by atoms with Gasteiger partial charge in [-0.1, -0.05) is 35.3 Å². The van der Waals surface area contributed by atoms with Crippen molar-refractivity contribution in [1.29, 1.82) is 0 Å². The van der Waals surface area contributed by atoms with E-state index in [2.05, 4.69) is 4.90 Å². The molecular weight excluding hydrogens is 443 g/mol. The van der Waals surface area contributed by atoms with Gasteiger partial charge >= 0.3 is 0 Å². The molecule has 0 bridgehead atoms. The molecule has 5 nitrogen and oxygen atoms in total. The predicted molar refractivity (Wildman–Crippen MR) is 122 cm³/mol. The molecule has 0 N–H and O–H groups in total. The Morgan fingerprint density at radius 1 is 1.10 bits per heavy atom. The van der Waals surface area contributed by atoms with E-state index in [9.17, 15) is 13.2 Å². The molecule has 0 radical (unpaired) electrons. The van der Waals surface area contributed by atoms with Crippen molar-refractivity contribution in [3.05, 3.63) is 57.6 Å². The maximum atomic E-state index is 12.8. The fraction of sp³-hybridized carbons (Fsp3) is 0.409. The average Bonchev–Trinajstić information content (AvgIpc) is 3.20. The Morgan fingerprint density at radius 3 is 2.23 bits per heavy atom. The van der Waals surface area contributed by atoms with Gasteiger partial charge in [0.1, 0.15) is 0 Å².